The summed E-state index contributed by atoms with van der Waals surface area (Å²) in [6.45, 7) is 7.78. The Kier molecular flexibility index (Phi) is 7.36. The van der Waals surface area contributed by atoms with Crippen LogP contribution in [0, 0.1) is 33.5 Å². The van der Waals surface area contributed by atoms with Gasteiger partial charge in [-0.2, -0.15) is 0 Å². The molecule has 2 aromatic carbocycles. The number of carbonyl (C=O) groups is 1. The lowest BCUT2D eigenvalue weighted by Gasteiger charge is -2.71. The predicted molar refractivity (Wildman–Crippen MR) is 184 cm³/mol. The van der Waals surface area contributed by atoms with Crippen LogP contribution < -0.4 is 0 Å². The number of hydrogen-bond donors (Lipinski definition) is 2. The van der Waals surface area contributed by atoms with E-state index in [4.69, 9.17) is 0 Å². The number of Topliss-reactive ketones (excluding diaryl/α,β-unsaturated/α-hetero) is 1. The molecule has 1 saturated heterocycles. The molecular weight excluding hydrogens is 566 g/mol. The Hall–Kier alpha value is -2.53. The van der Waals surface area contributed by atoms with Crippen LogP contribution in [0.5, 0.6) is 0 Å². The first-order valence-corrected chi connectivity index (χ1v) is 18.4. The molecule has 46 heavy (non-hydrogen) atoms. The highest BCUT2D eigenvalue weighted by molar-refractivity contribution is 6.10. The number of carbonyl (C=O) groups excluding carboxylic acids is 1. The fourth-order valence-corrected chi connectivity index (χ4v) is 12.0. The third-order valence-corrected chi connectivity index (χ3v) is 14.6. The van der Waals surface area contributed by atoms with Gasteiger partial charge in [-0.3, -0.25) is 4.79 Å². The van der Waals surface area contributed by atoms with Gasteiger partial charge >= 0.3 is 0 Å². The third kappa shape index (κ3) is 4.31. The first kappa shape index (κ1) is 30.8. The minimum atomic E-state index is -0.758. The summed E-state index contributed by atoms with van der Waals surface area (Å²) < 4.78 is 0. The Labute approximate surface area is 276 Å². The van der Waals surface area contributed by atoms with Gasteiger partial charge in [0.15, 0.2) is 5.78 Å². The second kappa shape index (κ2) is 11.0. The number of ketones is 1. The monoisotopic (exact) mass is 619 g/mol. The molecule has 2 aromatic rings. The van der Waals surface area contributed by atoms with Crippen molar-refractivity contribution in [3.8, 4) is 11.1 Å². The number of β-amino-alcohol motifs (C(OH)–C–C–N with tert-alkyl or cyclic N) is 1. The molecule has 1 heterocycles. The summed E-state index contributed by atoms with van der Waals surface area (Å²) in [5, 5.41) is 23.8. The van der Waals surface area contributed by atoms with E-state index >= 15 is 0 Å². The van der Waals surface area contributed by atoms with E-state index in [1.54, 1.807) is 0 Å². The van der Waals surface area contributed by atoms with Crippen LogP contribution in [-0.4, -0.2) is 52.2 Å². The molecule has 0 amide bonds. The summed E-state index contributed by atoms with van der Waals surface area (Å²) in [4.78, 5) is 17.5. The van der Waals surface area contributed by atoms with Gasteiger partial charge in [0.25, 0.3) is 0 Å². The first-order valence-electron chi connectivity index (χ1n) is 18.4. The van der Waals surface area contributed by atoms with Crippen molar-refractivity contribution in [1.29, 1.82) is 0 Å². The number of nitrogens with zero attached hydrogens (tertiary/aromatic N) is 1. The van der Waals surface area contributed by atoms with Gasteiger partial charge in [-0.1, -0.05) is 106 Å². The molecule has 2 bridgehead atoms. The molecule has 1 aliphatic heterocycles. The van der Waals surface area contributed by atoms with Crippen LogP contribution in [0.2, 0.25) is 0 Å². The molecule has 0 radical (unpaired) electrons. The molecule has 2 N–H and O–H groups in total. The third-order valence-electron chi connectivity index (χ3n) is 14.6. The maximum absolute atomic E-state index is 15.0. The van der Waals surface area contributed by atoms with Crippen molar-refractivity contribution in [3.63, 3.8) is 0 Å². The van der Waals surface area contributed by atoms with Crippen LogP contribution in [0.3, 0.4) is 0 Å². The summed E-state index contributed by atoms with van der Waals surface area (Å²) in [6.07, 6.45) is 19.5. The molecule has 0 aromatic heterocycles. The maximum atomic E-state index is 15.0. The minimum absolute atomic E-state index is 0.00694. The fourth-order valence-electron chi connectivity index (χ4n) is 12.0. The number of allylic oxidation sites excluding steroid dienone is 4. The van der Waals surface area contributed by atoms with E-state index in [-0.39, 0.29) is 34.1 Å². The molecule has 6 aliphatic carbocycles. The Morgan fingerprint density at radius 1 is 0.783 bits per heavy atom. The zero-order chi connectivity index (χ0) is 31.8. The number of hydrogen-bond acceptors (Lipinski definition) is 4. The van der Waals surface area contributed by atoms with E-state index in [0.717, 1.165) is 80.4 Å². The summed E-state index contributed by atoms with van der Waals surface area (Å²) in [5.74, 6) is 0.668. The van der Waals surface area contributed by atoms with Crippen LogP contribution in [0.25, 0.3) is 11.1 Å². The summed E-state index contributed by atoms with van der Waals surface area (Å²) >= 11 is 0. The van der Waals surface area contributed by atoms with Crippen molar-refractivity contribution in [2.24, 2.45) is 33.5 Å². The van der Waals surface area contributed by atoms with Gasteiger partial charge in [0, 0.05) is 33.9 Å². The number of aliphatic hydroxyl groups excluding tert-OH is 1. The van der Waals surface area contributed by atoms with Crippen LogP contribution in [0.15, 0.2) is 78.4 Å². The van der Waals surface area contributed by atoms with Gasteiger partial charge in [0.2, 0.25) is 0 Å². The highest BCUT2D eigenvalue weighted by atomic mass is 16.3. The van der Waals surface area contributed by atoms with E-state index in [9.17, 15) is 15.0 Å². The first-order chi connectivity index (χ1) is 22.1. The Balaban J connectivity index is 1.20. The lowest BCUT2D eigenvalue weighted by molar-refractivity contribution is -0.176. The highest BCUT2D eigenvalue weighted by Gasteiger charge is 2.74. The zero-order valence-corrected chi connectivity index (χ0v) is 28.0. The predicted octanol–water partition coefficient (Wildman–Crippen LogP) is 8.39. The lowest BCUT2D eigenvalue weighted by Crippen LogP contribution is -2.67. The average Bonchev–Trinajstić information content (AvgIpc) is 3.32. The molecule has 8 atom stereocenters. The van der Waals surface area contributed by atoms with E-state index in [0.29, 0.717) is 12.3 Å². The molecule has 4 nitrogen and oxygen atoms in total. The number of benzene rings is 2. The molecule has 2 spiro atoms. The SMILES string of the molecule is C[C@]12CC[C@H]3[C@]4(C=C[C@@]5(C=C4C(=O)c4ccc(-c6ccccc6)cc4)CC(O)CC[C@]35C)[C@@H]1CC[C@@]2(O)CN1CCCCCCC1. The van der Waals surface area contributed by atoms with Gasteiger partial charge in [-0.25, -0.2) is 0 Å². The Bertz CT molecular complexity index is 1540. The number of fused-ring (bicyclic) bond motifs is 1. The molecular formula is C42H53NO3. The van der Waals surface area contributed by atoms with Crippen molar-refractivity contribution in [1.82, 2.24) is 4.90 Å². The van der Waals surface area contributed by atoms with E-state index in [2.05, 4.69) is 73.4 Å². The number of rotatable bonds is 5. The summed E-state index contributed by atoms with van der Waals surface area (Å²) in [7, 11) is 0. The maximum Gasteiger partial charge on any atom is 0.189 e. The van der Waals surface area contributed by atoms with Crippen LogP contribution in [-0.2, 0) is 0 Å². The van der Waals surface area contributed by atoms with E-state index in [1.807, 2.05) is 18.2 Å². The van der Waals surface area contributed by atoms with Gasteiger partial charge in [0.05, 0.1) is 11.7 Å². The molecule has 4 heteroatoms. The van der Waals surface area contributed by atoms with Gasteiger partial charge in [-0.15, -0.1) is 0 Å². The van der Waals surface area contributed by atoms with Crippen molar-refractivity contribution in [2.45, 2.75) is 103 Å². The van der Waals surface area contributed by atoms with Gasteiger partial charge < -0.3 is 15.1 Å². The van der Waals surface area contributed by atoms with Crippen molar-refractivity contribution < 1.29 is 15.0 Å². The number of aliphatic hydroxyl groups is 2. The fraction of sp³-hybridized carbons (Fsp3) is 0.595. The smallest absolute Gasteiger partial charge is 0.189 e. The van der Waals surface area contributed by atoms with Crippen molar-refractivity contribution >= 4 is 5.78 Å². The van der Waals surface area contributed by atoms with Crippen LogP contribution in [0.4, 0.5) is 0 Å². The second-order valence-corrected chi connectivity index (χ2v) is 16.6. The van der Waals surface area contributed by atoms with Crippen LogP contribution in [0.1, 0.15) is 101 Å². The van der Waals surface area contributed by atoms with Gasteiger partial charge in [0.1, 0.15) is 0 Å². The van der Waals surface area contributed by atoms with Gasteiger partial charge in [-0.05, 0) is 99.3 Å². The Morgan fingerprint density at radius 3 is 2.15 bits per heavy atom. The lowest BCUT2D eigenvalue weighted by atomic mass is 9.32. The molecule has 4 fully saturated rings. The topological polar surface area (TPSA) is 60.8 Å². The standard InChI is InChI=1S/C42H53NO3/c1-38-20-17-33(44)27-40(38)23-24-42(34(28-40)37(45)32-15-13-31(14-16-32)30-11-7-6-8-12-30)35(38)18-21-39(2)36(42)19-22-41(39,46)29-43-25-9-4-3-5-10-26-43/h6-8,11-16,23-24,28,33,35-36,44,46H,3-5,9-10,17-22,25-27,29H2,1-2H3/t33?,35-,36-,38-,39+,40+,41-,42-/m1/s1. The van der Waals surface area contributed by atoms with E-state index < -0.39 is 11.0 Å². The minimum Gasteiger partial charge on any atom is -0.393 e. The van der Waals surface area contributed by atoms with Crippen molar-refractivity contribution in [2.75, 3.05) is 19.6 Å². The Morgan fingerprint density at radius 2 is 1.41 bits per heavy atom. The number of likely N-dealkylation sites (tertiary alicyclic amines) is 1. The average molecular weight is 620 g/mol. The molecule has 1 unspecified atom stereocenters. The quantitative estimate of drug-likeness (QED) is 0.261. The van der Waals surface area contributed by atoms with Crippen molar-refractivity contribution in [3.05, 3.63) is 84.0 Å². The normalized spacial score (nSPS) is 41.9. The summed E-state index contributed by atoms with van der Waals surface area (Å²) in [5.41, 5.74) is 2.22. The van der Waals surface area contributed by atoms with Crippen LogP contribution >= 0.6 is 0 Å². The molecule has 7 aliphatic rings. The second-order valence-electron chi connectivity index (χ2n) is 16.6. The molecule has 3 saturated carbocycles. The molecule has 244 valence electrons. The zero-order valence-electron chi connectivity index (χ0n) is 28.0. The largest absolute Gasteiger partial charge is 0.393 e. The summed E-state index contributed by atoms with van der Waals surface area (Å²) in [6, 6.07) is 18.6. The van der Waals surface area contributed by atoms with E-state index in [1.165, 1.54) is 32.1 Å². The highest BCUT2D eigenvalue weighted by Crippen LogP contribution is 2.78. The molecule has 9 rings (SSSR count).